The van der Waals surface area contributed by atoms with Gasteiger partial charge in [0.2, 0.25) is 0 Å². The Bertz CT molecular complexity index is 309. The summed E-state index contributed by atoms with van der Waals surface area (Å²) < 4.78 is 4.40. The predicted molar refractivity (Wildman–Crippen MR) is 42.7 cm³/mol. The molecule has 0 saturated heterocycles. The third-order valence-corrected chi connectivity index (χ3v) is 1.40. The Hall–Kier alpha value is -1.71. The number of carbonyl (C=O) groups is 1. The first-order valence-electron chi connectivity index (χ1n) is 3.23. The molecule has 1 aromatic rings. The zero-order valence-electron chi connectivity index (χ0n) is 6.50. The van der Waals surface area contributed by atoms with E-state index in [1.807, 2.05) is 0 Å². The minimum absolute atomic E-state index is 0.0255. The van der Waals surface area contributed by atoms with Crippen molar-refractivity contribution in [3.63, 3.8) is 0 Å². The van der Waals surface area contributed by atoms with Crippen LogP contribution in [-0.4, -0.2) is 18.2 Å². The molecule has 0 heterocycles. The number of phenolic OH excluding ortho intramolecular Hbond substituents is 1. The van der Waals surface area contributed by atoms with E-state index in [2.05, 4.69) is 10.8 Å². The average Bonchev–Trinajstić information content (AvgIpc) is 2.08. The third kappa shape index (κ3) is 1.32. The van der Waals surface area contributed by atoms with E-state index in [1.165, 1.54) is 19.2 Å². The minimum atomic E-state index is -0.629. The van der Waals surface area contributed by atoms with Gasteiger partial charge < -0.3 is 15.6 Å². The number of aromatic hydroxyl groups is 1. The second-order valence-electron chi connectivity index (χ2n) is 2.16. The van der Waals surface area contributed by atoms with Crippen LogP contribution in [0.5, 0.6) is 5.75 Å². The summed E-state index contributed by atoms with van der Waals surface area (Å²) in [5.74, 6) is -0.892. The topological polar surface area (TPSA) is 72.5 Å². The van der Waals surface area contributed by atoms with Crippen LogP contribution in [0.4, 0.5) is 5.69 Å². The molecule has 63 valence electrons. The van der Waals surface area contributed by atoms with Gasteiger partial charge in [-0.25, -0.2) is 4.79 Å². The molecule has 0 fully saturated rings. The first-order chi connectivity index (χ1) is 5.66. The fraction of sp³-hybridized carbons (Fsp3) is 0.125. The van der Waals surface area contributed by atoms with Gasteiger partial charge in [0.1, 0.15) is 5.56 Å². The average molecular weight is 166 g/mol. The number of nitrogen functional groups attached to an aromatic ring is 1. The third-order valence-electron chi connectivity index (χ3n) is 1.40. The Labute approximate surface area is 69.6 Å². The van der Waals surface area contributed by atoms with Gasteiger partial charge in [-0.15, -0.1) is 0 Å². The molecule has 1 rings (SSSR count). The van der Waals surface area contributed by atoms with Crippen molar-refractivity contribution < 1.29 is 14.6 Å². The van der Waals surface area contributed by atoms with E-state index in [1.54, 1.807) is 0 Å². The molecule has 0 aliphatic heterocycles. The lowest BCUT2D eigenvalue weighted by molar-refractivity contribution is 0.0597. The molecule has 3 N–H and O–H groups in total. The monoisotopic (exact) mass is 166 g/mol. The number of carbonyl (C=O) groups excluding carboxylic acids is 1. The number of rotatable bonds is 1. The number of esters is 1. The van der Waals surface area contributed by atoms with Crippen LogP contribution in [0.15, 0.2) is 12.1 Å². The lowest BCUT2D eigenvalue weighted by atomic mass is 10.2. The molecule has 0 amide bonds. The van der Waals surface area contributed by atoms with E-state index in [-0.39, 0.29) is 17.0 Å². The van der Waals surface area contributed by atoms with E-state index in [0.717, 1.165) is 0 Å². The number of methoxy groups -OCH3 is 1. The number of anilines is 1. The summed E-state index contributed by atoms with van der Waals surface area (Å²) in [5, 5.41) is 9.25. The summed E-state index contributed by atoms with van der Waals surface area (Å²) in [5.41, 5.74) is 5.46. The summed E-state index contributed by atoms with van der Waals surface area (Å²) in [6.45, 7) is 0. The Balaban J connectivity index is 3.16. The Morgan fingerprint density at radius 3 is 2.92 bits per heavy atom. The van der Waals surface area contributed by atoms with E-state index in [9.17, 15) is 9.90 Å². The van der Waals surface area contributed by atoms with Crippen LogP contribution in [0, 0.1) is 6.07 Å². The second-order valence-corrected chi connectivity index (χ2v) is 2.16. The maximum Gasteiger partial charge on any atom is 0.341 e. The summed E-state index contributed by atoms with van der Waals surface area (Å²) in [7, 11) is 1.23. The summed E-state index contributed by atoms with van der Waals surface area (Å²) in [4.78, 5) is 10.9. The molecule has 0 aliphatic rings. The molecule has 0 atom stereocenters. The highest BCUT2D eigenvalue weighted by atomic mass is 16.5. The second kappa shape index (κ2) is 3.13. The molecule has 1 aromatic carbocycles. The Kier molecular flexibility index (Phi) is 2.19. The molecule has 0 unspecified atom stereocenters. The van der Waals surface area contributed by atoms with Crippen LogP contribution in [0.1, 0.15) is 10.4 Å². The smallest absolute Gasteiger partial charge is 0.341 e. The highest BCUT2D eigenvalue weighted by Gasteiger charge is 2.12. The van der Waals surface area contributed by atoms with Crippen LogP contribution in [-0.2, 0) is 4.74 Å². The molecule has 12 heavy (non-hydrogen) atoms. The number of phenols is 1. The molecule has 1 radical (unpaired) electrons. The van der Waals surface area contributed by atoms with Gasteiger partial charge in [-0.2, -0.15) is 0 Å². The molecule has 0 bridgehead atoms. The fourth-order valence-electron chi connectivity index (χ4n) is 0.773. The highest BCUT2D eigenvalue weighted by Crippen LogP contribution is 2.24. The van der Waals surface area contributed by atoms with Gasteiger partial charge in [0.15, 0.2) is 5.75 Å². The number of nitrogens with two attached hydrogens (primary N) is 1. The largest absolute Gasteiger partial charge is 0.505 e. The highest BCUT2D eigenvalue weighted by molar-refractivity contribution is 5.94. The van der Waals surface area contributed by atoms with Gasteiger partial charge in [0.25, 0.3) is 0 Å². The molecule has 0 spiro atoms. The zero-order chi connectivity index (χ0) is 9.14. The number of hydrogen-bond acceptors (Lipinski definition) is 4. The maximum atomic E-state index is 10.9. The van der Waals surface area contributed by atoms with Gasteiger partial charge >= 0.3 is 5.97 Å². The first kappa shape index (κ1) is 8.39. The minimum Gasteiger partial charge on any atom is -0.505 e. The Morgan fingerprint density at radius 2 is 2.33 bits per heavy atom. The van der Waals surface area contributed by atoms with Crippen molar-refractivity contribution in [3.8, 4) is 5.75 Å². The van der Waals surface area contributed by atoms with E-state index in [0.29, 0.717) is 0 Å². The van der Waals surface area contributed by atoms with Crippen molar-refractivity contribution in [2.45, 2.75) is 0 Å². The number of ether oxygens (including phenoxy) is 1. The van der Waals surface area contributed by atoms with Crippen molar-refractivity contribution in [1.29, 1.82) is 0 Å². The SMILES string of the molecule is COC(=O)c1c[c]cc(N)c1O. The van der Waals surface area contributed by atoms with Gasteiger partial charge in [-0.1, -0.05) is 0 Å². The summed E-state index contributed by atoms with van der Waals surface area (Å²) in [6.07, 6.45) is 0. The van der Waals surface area contributed by atoms with Crippen LogP contribution < -0.4 is 5.73 Å². The zero-order valence-corrected chi connectivity index (χ0v) is 6.50. The van der Waals surface area contributed by atoms with Gasteiger partial charge in [-0.05, 0) is 18.2 Å². The number of benzene rings is 1. The van der Waals surface area contributed by atoms with Crippen LogP contribution >= 0.6 is 0 Å². The fourth-order valence-corrected chi connectivity index (χ4v) is 0.773. The molecule has 0 saturated carbocycles. The van der Waals surface area contributed by atoms with Crippen LogP contribution in [0.3, 0.4) is 0 Å². The quantitative estimate of drug-likeness (QED) is 0.363. The van der Waals surface area contributed by atoms with E-state index in [4.69, 9.17) is 5.73 Å². The van der Waals surface area contributed by atoms with Crippen LogP contribution in [0.2, 0.25) is 0 Å². The number of hydrogen-bond donors (Lipinski definition) is 2. The Morgan fingerprint density at radius 1 is 1.67 bits per heavy atom. The van der Waals surface area contributed by atoms with Crippen molar-refractivity contribution in [2.75, 3.05) is 12.8 Å². The summed E-state index contributed by atoms with van der Waals surface area (Å²) in [6, 6.07) is 5.29. The van der Waals surface area contributed by atoms with Crippen LogP contribution in [0.25, 0.3) is 0 Å². The van der Waals surface area contributed by atoms with Crippen molar-refractivity contribution in [1.82, 2.24) is 0 Å². The van der Waals surface area contributed by atoms with Gasteiger partial charge in [0.05, 0.1) is 12.8 Å². The lowest BCUT2D eigenvalue weighted by Crippen LogP contribution is -2.02. The molecule has 4 nitrogen and oxygen atoms in total. The lowest BCUT2D eigenvalue weighted by Gasteiger charge is -2.03. The molecule has 0 aliphatic carbocycles. The molecule has 4 heteroatoms. The van der Waals surface area contributed by atoms with Gasteiger partial charge in [-0.3, -0.25) is 0 Å². The van der Waals surface area contributed by atoms with Crippen molar-refractivity contribution in [3.05, 3.63) is 23.8 Å². The predicted octanol–water partition coefficient (Wildman–Crippen LogP) is 0.561. The van der Waals surface area contributed by atoms with E-state index >= 15 is 0 Å². The normalized spacial score (nSPS) is 9.42. The summed E-state index contributed by atoms with van der Waals surface area (Å²) >= 11 is 0. The standard InChI is InChI=1S/C8H8NO3/c1-12-8(11)5-3-2-4-6(9)7(5)10/h3-4,10H,9H2,1H3. The van der Waals surface area contributed by atoms with Gasteiger partial charge in [0, 0.05) is 0 Å². The van der Waals surface area contributed by atoms with E-state index < -0.39 is 5.97 Å². The molecular weight excluding hydrogens is 158 g/mol. The maximum absolute atomic E-state index is 10.9. The van der Waals surface area contributed by atoms with Crippen molar-refractivity contribution >= 4 is 11.7 Å². The first-order valence-corrected chi connectivity index (χ1v) is 3.23. The molecular formula is C8H8NO3. The van der Waals surface area contributed by atoms with Crippen molar-refractivity contribution in [2.24, 2.45) is 0 Å². The molecule has 0 aromatic heterocycles.